The average Bonchev–Trinajstić information content (AvgIpc) is 2.47. The Bertz CT molecular complexity index is 571. The number of aromatic carboxylic acids is 1. The number of aromatic nitrogens is 3. The van der Waals surface area contributed by atoms with Crippen LogP contribution in [-0.2, 0) is 0 Å². The first-order chi connectivity index (χ1) is 6.58. The number of halogens is 1. The van der Waals surface area contributed by atoms with E-state index in [2.05, 4.69) is 15.0 Å². The van der Waals surface area contributed by atoms with E-state index in [4.69, 9.17) is 16.7 Å². The summed E-state index contributed by atoms with van der Waals surface area (Å²) in [6.07, 6.45) is 0. The minimum Gasteiger partial charge on any atom is -0.477 e. The van der Waals surface area contributed by atoms with Crippen LogP contribution in [0.15, 0.2) is 10.9 Å². The Kier molecular flexibility index (Phi) is 1.78. The molecule has 2 aromatic heterocycles. The van der Waals surface area contributed by atoms with Crippen molar-refractivity contribution < 1.29 is 9.90 Å². The number of nitrogens with zero attached hydrogens (tertiary/aromatic N) is 1. The summed E-state index contributed by atoms with van der Waals surface area (Å²) in [6.45, 7) is 0. The van der Waals surface area contributed by atoms with E-state index in [0.29, 0.717) is 0 Å². The highest BCUT2D eigenvalue weighted by Gasteiger charge is 2.11. The summed E-state index contributed by atoms with van der Waals surface area (Å²) in [5, 5.41) is 8.73. The Hall–Kier alpha value is -1.82. The summed E-state index contributed by atoms with van der Waals surface area (Å²) < 4.78 is 0. The number of hydrogen-bond donors (Lipinski definition) is 3. The second-order valence-electron chi connectivity index (χ2n) is 2.61. The van der Waals surface area contributed by atoms with Gasteiger partial charge in [-0.05, 0) is 17.7 Å². The maximum atomic E-state index is 11.2. The molecule has 14 heavy (non-hydrogen) atoms. The van der Waals surface area contributed by atoms with Gasteiger partial charge in [0.25, 0.3) is 5.56 Å². The summed E-state index contributed by atoms with van der Waals surface area (Å²) in [6, 6.07) is 1.21. The highest BCUT2D eigenvalue weighted by atomic mass is 35.5. The van der Waals surface area contributed by atoms with Crippen LogP contribution in [0, 0.1) is 0 Å². The second-order valence-corrected chi connectivity index (χ2v) is 2.97. The maximum Gasteiger partial charge on any atom is 0.352 e. The topological polar surface area (TPSA) is 98.8 Å². The number of carboxylic acid groups (broad SMARTS) is 1. The van der Waals surface area contributed by atoms with E-state index in [-0.39, 0.29) is 22.0 Å². The number of rotatable bonds is 1. The second kappa shape index (κ2) is 2.85. The fraction of sp³-hybridized carbons (Fsp3) is 0. The van der Waals surface area contributed by atoms with Crippen LogP contribution in [0.5, 0.6) is 0 Å². The molecule has 0 aliphatic carbocycles. The number of carboxylic acids is 1. The standard InChI is InChI=1S/C7H4ClN3O3/c8-7-10-4-2(5(12)11-7)1-3(9-4)6(13)14/h1H,(H,13,14)(H2,9,10,11,12). The first kappa shape index (κ1) is 8.76. The van der Waals surface area contributed by atoms with Gasteiger partial charge in [0.05, 0.1) is 5.39 Å². The van der Waals surface area contributed by atoms with E-state index in [1.807, 2.05) is 0 Å². The van der Waals surface area contributed by atoms with E-state index in [0.717, 1.165) is 0 Å². The molecule has 0 saturated heterocycles. The minimum atomic E-state index is -1.15. The summed E-state index contributed by atoms with van der Waals surface area (Å²) >= 11 is 5.48. The number of H-pyrrole nitrogens is 2. The van der Waals surface area contributed by atoms with Gasteiger partial charge in [-0.25, -0.2) is 9.78 Å². The average molecular weight is 214 g/mol. The molecule has 0 saturated carbocycles. The van der Waals surface area contributed by atoms with Crippen molar-refractivity contribution in [1.82, 2.24) is 15.0 Å². The van der Waals surface area contributed by atoms with Crippen molar-refractivity contribution in [3.63, 3.8) is 0 Å². The van der Waals surface area contributed by atoms with Gasteiger partial charge in [0, 0.05) is 0 Å². The van der Waals surface area contributed by atoms with Gasteiger partial charge in [-0.15, -0.1) is 0 Å². The molecule has 0 aromatic carbocycles. The third-order valence-electron chi connectivity index (χ3n) is 1.70. The van der Waals surface area contributed by atoms with Gasteiger partial charge >= 0.3 is 5.97 Å². The van der Waals surface area contributed by atoms with Gasteiger partial charge in [0.1, 0.15) is 11.3 Å². The van der Waals surface area contributed by atoms with Crippen LogP contribution in [0.25, 0.3) is 11.0 Å². The van der Waals surface area contributed by atoms with Crippen molar-refractivity contribution in [1.29, 1.82) is 0 Å². The lowest BCUT2D eigenvalue weighted by Crippen LogP contribution is -2.06. The van der Waals surface area contributed by atoms with E-state index in [1.165, 1.54) is 6.07 Å². The van der Waals surface area contributed by atoms with Crippen LogP contribution in [-0.4, -0.2) is 26.0 Å². The van der Waals surface area contributed by atoms with Crippen molar-refractivity contribution >= 4 is 28.6 Å². The first-order valence-corrected chi connectivity index (χ1v) is 3.97. The molecule has 6 nitrogen and oxygen atoms in total. The summed E-state index contributed by atoms with van der Waals surface area (Å²) in [5.41, 5.74) is -0.403. The van der Waals surface area contributed by atoms with Crippen LogP contribution in [0.2, 0.25) is 5.28 Å². The predicted molar refractivity (Wildman–Crippen MR) is 48.7 cm³/mol. The molecule has 0 atom stereocenters. The molecule has 0 amide bonds. The van der Waals surface area contributed by atoms with Gasteiger partial charge in [-0.2, -0.15) is 0 Å². The number of carbonyl (C=O) groups is 1. The van der Waals surface area contributed by atoms with Crippen molar-refractivity contribution in [2.75, 3.05) is 0 Å². The Morgan fingerprint density at radius 1 is 1.50 bits per heavy atom. The van der Waals surface area contributed by atoms with Crippen molar-refractivity contribution in [2.45, 2.75) is 0 Å². The summed E-state index contributed by atoms with van der Waals surface area (Å²) in [4.78, 5) is 30.2. The Morgan fingerprint density at radius 2 is 2.21 bits per heavy atom. The molecular formula is C7H4ClN3O3. The molecule has 0 fully saturated rings. The lowest BCUT2D eigenvalue weighted by atomic mass is 10.3. The van der Waals surface area contributed by atoms with Gasteiger partial charge in [0.15, 0.2) is 0 Å². The largest absolute Gasteiger partial charge is 0.477 e. The van der Waals surface area contributed by atoms with Gasteiger partial charge in [-0.3, -0.25) is 9.78 Å². The molecule has 2 heterocycles. The smallest absolute Gasteiger partial charge is 0.352 e. The predicted octanol–water partition coefficient (Wildman–Crippen LogP) is 0.603. The molecule has 0 spiro atoms. The SMILES string of the molecule is O=C(O)c1cc2c(=O)[nH]c(Cl)nc2[nH]1. The molecule has 3 N–H and O–H groups in total. The van der Waals surface area contributed by atoms with Crippen molar-refractivity contribution in [2.24, 2.45) is 0 Å². The molecule has 0 aliphatic heterocycles. The molecule has 0 unspecified atom stereocenters. The number of fused-ring (bicyclic) bond motifs is 1. The molecule has 2 aromatic rings. The lowest BCUT2D eigenvalue weighted by molar-refractivity contribution is 0.0691. The Morgan fingerprint density at radius 3 is 2.86 bits per heavy atom. The molecule has 7 heteroatoms. The van der Waals surface area contributed by atoms with Gasteiger partial charge in [-0.1, -0.05) is 0 Å². The molecule has 2 rings (SSSR count). The molecule has 72 valence electrons. The third-order valence-corrected chi connectivity index (χ3v) is 1.88. The third kappa shape index (κ3) is 1.25. The fourth-order valence-corrected chi connectivity index (χ4v) is 1.28. The van der Waals surface area contributed by atoms with Crippen molar-refractivity contribution in [3.05, 3.63) is 27.4 Å². The maximum absolute atomic E-state index is 11.2. The molecular weight excluding hydrogens is 210 g/mol. The molecule has 0 bridgehead atoms. The quantitative estimate of drug-likeness (QED) is 0.604. The van der Waals surface area contributed by atoms with Crippen LogP contribution in [0.4, 0.5) is 0 Å². The zero-order valence-electron chi connectivity index (χ0n) is 6.67. The van der Waals surface area contributed by atoms with E-state index in [1.54, 1.807) is 0 Å². The Balaban J connectivity index is 2.83. The zero-order valence-corrected chi connectivity index (χ0v) is 7.42. The lowest BCUT2D eigenvalue weighted by Gasteiger charge is -1.88. The first-order valence-electron chi connectivity index (χ1n) is 3.60. The summed E-state index contributed by atoms with van der Waals surface area (Å²) in [7, 11) is 0. The highest BCUT2D eigenvalue weighted by Crippen LogP contribution is 2.10. The van der Waals surface area contributed by atoms with Crippen LogP contribution in [0.3, 0.4) is 0 Å². The van der Waals surface area contributed by atoms with E-state index in [9.17, 15) is 9.59 Å². The minimum absolute atomic E-state index is 0.0821. The molecule has 0 radical (unpaired) electrons. The monoisotopic (exact) mass is 213 g/mol. The van der Waals surface area contributed by atoms with Crippen molar-refractivity contribution in [3.8, 4) is 0 Å². The molecule has 0 aliphatic rings. The fourth-order valence-electron chi connectivity index (χ4n) is 1.11. The van der Waals surface area contributed by atoms with E-state index < -0.39 is 11.5 Å². The van der Waals surface area contributed by atoms with Gasteiger partial charge < -0.3 is 10.1 Å². The van der Waals surface area contributed by atoms with Crippen LogP contribution in [0.1, 0.15) is 10.5 Å². The van der Waals surface area contributed by atoms with Gasteiger partial charge in [0.2, 0.25) is 5.28 Å². The normalized spacial score (nSPS) is 10.6. The number of aromatic amines is 2. The number of nitrogens with one attached hydrogen (secondary N) is 2. The highest BCUT2D eigenvalue weighted by molar-refractivity contribution is 6.28. The number of hydrogen-bond acceptors (Lipinski definition) is 3. The Labute approximate surface area is 81.5 Å². The summed E-state index contributed by atoms with van der Waals surface area (Å²) in [5.74, 6) is -1.15. The zero-order chi connectivity index (χ0) is 10.3. The van der Waals surface area contributed by atoms with Crippen LogP contribution < -0.4 is 5.56 Å². The van der Waals surface area contributed by atoms with Crippen LogP contribution >= 0.6 is 11.6 Å². The van der Waals surface area contributed by atoms with E-state index >= 15 is 0 Å².